The lowest BCUT2D eigenvalue weighted by molar-refractivity contribution is -0.121. The van der Waals surface area contributed by atoms with Crippen LogP contribution in [0, 0.1) is 17.5 Å². The van der Waals surface area contributed by atoms with Crippen LogP contribution in [0.3, 0.4) is 0 Å². The number of fused-ring (bicyclic) bond motifs is 1. The van der Waals surface area contributed by atoms with Gasteiger partial charge in [0.05, 0.1) is 18.2 Å². The first kappa shape index (κ1) is 27.6. The SMILES string of the molecule is CCNC(=O)c1cccc(-c2cccnc2C(Cc2cc(F)cc(F)c2)NC(=O)Cc2c[nH]c3ccc(F)cc23)c1. The van der Waals surface area contributed by atoms with Crippen molar-refractivity contribution in [3.05, 3.63) is 125 Å². The van der Waals surface area contributed by atoms with Crippen molar-refractivity contribution < 1.29 is 22.8 Å². The lowest BCUT2D eigenvalue weighted by Gasteiger charge is -2.22. The number of H-pyrrole nitrogens is 1. The number of halogens is 3. The second kappa shape index (κ2) is 12.1. The Balaban J connectivity index is 1.51. The highest BCUT2D eigenvalue weighted by Gasteiger charge is 2.23. The van der Waals surface area contributed by atoms with Gasteiger partial charge in [-0.15, -0.1) is 0 Å². The Kier molecular flexibility index (Phi) is 8.14. The largest absolute Gasteiger partial charge is 0.361 e. The Morgan fingerprint density at radius 3 is 2.51 bits per heavy atom. The lowest BCUT2D eigenvalue weighted by Crippen LogP contribution is -2.32. The van der Waals surface area contributed by atoms with Gasteiger partial charge in [-0.2, -0.15) is 0 Å². The molecule has 3 N–H and O–H groups in total. The van der Waals surface area contributed by atoms with Gasteiger partial charge in [-0.25, -0.2) is 13.2 Å². The number of aromatic amines is 1. The molecular weight excluding hydrogens is 529 g/mol. The molecule has 0 radical (unpaired) electrons. The standard InChI is InChI=1S/C32H27F3N4O2/c1-2-36-32(41)21-6-3-5-20(14-21)26-7-4-10-37-31(26)29(13-19-11-24(34)16-25(35)12-19)39-30(40)15-22-18-38-28-9-8-23(33)17-27(22)28/h3-12,14,16-18,29,38H,2,13,15H2,1H3,(H,36,41)(H,39,40). The van der Waals surface area contributed by atoms with Crippen molar-refractivity contribution in [1.29, 1.82) is 0 Å². The predicted octanol–water partition coefficient (Wildman–Crippen LogP) is 6.04. The molecule has 1 unspecified atom stereocenters. The smallest absolute Gasteiger partial charge is 0.251 e. The minimum absolute atomic E-state index is 0.0446. The van der Waals surface area contributed by atoms with Crippen molar-refractivity contribution in [2.45, 2.75) is 25.8 Å². The molecule has 0 aliphatic rings. The molecular formula is C32H27F3N4O2. The van der Waals surface area contributed by atoms with Gasteiger partial charge in [0.1, 0.15) is 17.5 Å². The maximum atomic E-state index is 14.1. The first-order valence-corrected chi connectivity index (χ1v) is 13.1. The highest BCUT2D eigenvalue weighted by atomic mass is 19.1. The van der Waals surface area contributed by atoms with Gasteiger partial charge >= 0.3 is 0 Å². The maximum Gasteiger partial charge on any atom is 0.251 e. The van der Waals surface area contributed by atoms with E-state index < -0.39 is 23.5 Å². The third-order valence-corrected chi connectivity index (χ3v) is 6.72. The second-order valence-corrected chi connectivity index (χ2v) is 9.66. The summed E-state index contributed by atoms with van der Waals surface area (Å²) >= 11 is 0. The molecule has 0 spiro atoms. The molecule has 0 aliphatic carbocycles. The van der Waals surface area contributed by atoms with Gasteiger partial charge in [-0.1, -0.05) is 18.2 Å². The molecule has 41 heavy (non-hydrogen) atoms. The molecule has 0 saturated carbocycles. The van der Waals surface area contributed by atoms with Crippen LogP contribution in [-0.2, 0) is 17.6 Å². The van der Waals surface area contributed by atoms with Crippen molar-refractivity contribution in [2.75, 3.05) is 6.54 Å². The predicted molar refractivity (Wildman–Crippen MR) is 151 cm³/mol. The summed E-state index contributed by atoms with van der Waals surface area (Å²) in [6.45, 7) is 2.30. The maximum absolute atomic E-state index is 14.1. The van der Waals surface area contributed by atoms with Gasteiger partial charge in [0.15, 0.2) is 0 Å². The highest BCUT2D eigenvalue weighted by molar-refractivity contribution is 5.95. The molecule has 2 aromatic heterocycles. The van der Waals surface area contributed by atoms with Gasteiger partial charge in [0, 0.05) is 47.0 Å². The summed E-state index contributed by atoms with van der Waals surface area (Å²) in [5.74, 6) is -2.50. The van der Waals surface area contributed by atoms with Gasteiger partial charge in [0.2, 0.25) is 5.91 Å². The van der Waals surface area contributed by atoms with Crippen LogP contribution in [0.25, 0.3) is 22.0 Å². The molecule has 3 aromatic carbocycles. The molecule has 2 heterocycles. The molecule has 5 rings (SSSR count). The quantitative estimate of drug-likeness (QED) is 0.207. The van der Waals surface area contributed by atoms with E-state index in [9.17, 15) is 22.8 Å². The summed E-state index contributed by atoms with van der Waals surface area (Å²) in [4.78, 5) is 33.4. The number of carbonyl (C=O) groups is 2. The summed E-state index contributed by atoms with van der Waals surface area (Å²) in [5, 5.41) is 6.34. The van der Waals surface area contributed by atoms with Crippen LogP contribution in [0.1, 0.15) is 40.1 Å². The van der Waals surface area contributed by atoms with Crippen molar-refractivity contribution in [3.63, 3.8) is 0 Å². The molecule has 6 nitrogen and oxygen atoms in total. The van der Waals surface area contributed by atoms with E-state index in [0.29, 0.717) is 51.0 Å². The van der Waals surface area contributed by atoms with E-state index >= 15 is 0 Å². The monoisotopic (exact) mass is 556 g/mol. The number of hydrogen-bond acceptors (Lipinski definition) is 3. The Morgan fingerprint density at radius 2 is 1.73 bits per heavy atom. The average Bonchev–Trinajstić information content (AvgIpc) is 3.33. The molecule has 1 atom stereocenters. The Labute approximate surface area is 234 Å². The van der Waals surface area contributed by atoms with E-state index in [4.69, 9.17) is 0 Å². The fourth-order valence-corrected chi connectivity index (χ4v) is 4.93. The average molecular weight is 557 g/mol. The third-order valence-electron chi connectivity index (χ3n) is 6.72. The molecule has 0 saturated heterocycles. The molecule has 0 fully saturated rings. The van der Waals surface area contributed by atoms with E-state index in [1.54, 1.807) is 42.7 Å². The van der Waals surface area contributed by atoms with Crippen LogP contribution in [0.5, 0.6) is 0 Å². The van der Waals surface area contributed by atoms with Crippen LogP contribution in [0.15, 0.2) is 85.2 Å². The topological polar surface area (TPSA) is 86.9 Å². The van der Waals surface area contributed by atoms with Crippen LogP contribution >= 0.6 is 0 Å². The lowest BCUT2D eigenvalue weighted by atomic mass is 9.94. The summed E-state index contributed by atoms with van der Waals surface area (Å²) in [6.07, 6.45) is 3.20. The van der Waals surface area contributed by atoms with Crippen LogP contribution < -0.4 is 10.6 Å². The molecule has 9 heteroatoms. The van der Waals surface area contributed by atoms with Gasteiger partial charge in [0.25, 0.3) is 5.91 Å². The Hall–Kier alpha value is -4.92. The van der Waals surface area contributed by atoms with Crippen molar-refractivity contribution >= 4 is 22.7 Å². The minimum Gasteiger partial charge on any atom is -0.361 e. The van der Waals surface area contributed by atoms with Gasteiger partial charge < -0.3 is 15.6 Å². The minimum atomic E-state index is -0.782. The number of nitrogens with zero attached hydrogens (tertiary/aromatic N) is 1. The number of benzene rings is 3. The Morgan fingerprint density at radius 1 is 0.927 bits per heavy atom. The van der Waals surface area contributed by atoms with Crippen LogP contribution in [0.2, 0.25) is 0 Å². The molecule has 5 aromatic rings. The van der Waals surface area contributed by atoms with Crippen LogP contribution in [0.4, 0.5) is 13.2 Å². The Bertz CT molecular complexity index is 1710. The van der Waals surface area contributed by atoms with Crippen molar-refractivity contribution in [3.8, 4) is 11.1 Å². The summed E-state index contributed by atoms with van der Waals surface area (Å²) < 4.78 is 42.1. The second-order valence-electron chi connectivity index (χ2n) is 9.66. The number of pyridine rings is 1. The van der Waals surface area contributed by atoms with Gasteiger partial charge in [-0.05, 0) is 78.6 Å². The fraction of sp³-hybridized carbons (Fsp3) is 0.156. The number of amides is 2. The number of nitrogens with one attached hydrogen (secondary N) is 3. The summed E-state index contributed by atoms with van der Waals surface area (Å²) in [7, 11) is 0. The van der Waals surface area contributed by atoms with E-state index in [2.05, 4.69) is 20.6 Å². The zero-order valence-electron chi connectivity index (χ0n) is 22.2. The van der Waals surface area contributed by atoms with Crippen molar-refractivity contribution in [1.82, 2.24) is 20.6 Å². The third kappa shape index (κ3) is 6.46. The van der Waals surface area contributed by atoms with E-state index in [0.717, 1.165) is 6.07 Å². The normalized spacial score (nSPS) is 11.8. The first-order chi connectivity index (χ1) is 19.8. The number of rotatable bonds is 9. The summed E-state index contributed by atoms with van der Waals surface area (Å²) in [5.41, 5.74) is 3.88. The van der Waals surface area contributed by atoms with Crippen LogP contribution in [-0.4, -0.2) is 28.3 Å². The summed E-state index contributed by atoms with van der Waals surface area (Å²) in [6, 6.07) is 17.3. The molecule has 0 bridgehead atoms. The zero-order chi connectivity index (χ0) is 28.9. The zero-order valence-corrected chi connectivity index (χ0v) is 22.2. The van der Waals surface area contributed by atoms with Gasteiger partial charge in [-0.3, -0.25) is 14.6 Å². The van der Waals surface area contributed by atoms with E-state index in [-0.39, 0.29) is 24.7 Å². The molecule has 0 aliphatic heterocycles. The first-order valence-electron chi connectivity index (χ1n) is 13.1. The fourth-order valence-electron chi connectivity index (χ4n) is 4.93. The van der Waals surface area contributed by atoms with E-state index in [1.807, 2.05) is 19.1 Å². The number of carbonyl (C=O) groups excluding carboxylic acids is 2. The highest BCUT2D eigenvalue weighted by Crippen LogP contribution is 2.30. The number of hydrogen-bond donors (Lipinski definition) is 3. The molecule has 208 valence electrons. The van der Waals surface area contributed by atoms with E-state index in [1.165, 1.54) is 24.3 Å². The van der Waals surface area contributed by atoms with Crippen molar-refractivity contribution in [2.24, 2.45) is 0 Å². The number of aromatic nitrogens is 2. The molecule has 2 amide bonds.